The average Bonchev–Trinajstić information content (AvgIpc) is 2.38. The lowest BCUT2D eigenvalue weighted by atomic mass is 10.1. The Labute approximate surface area is 123 Å². The van der Waals surface area contributed by atoms with E-state index < -0.39 is 17.5 Å². The van der Waals surface area contributed by atoms with Crippen molar-refractivity contribution in [2.75, 3.05) is 5.32 Å². The second kappa shape index (κ2) is 5.71. The number of rotatable bonds is 2. The van der Waals surface area contributed by atoms with Gasteiger partial charge in [0.05, 0.1) is 5.56 Å². The number of hydrogen-bond donors (Lipinski definition) is 1. The molecule has 0 fully saturated rings. The van der Waals surface area contributed by atoms with Gasteiger partial charge in [0, 0.05) is 16.2 Å². The minimum Gasteiger partial charge on any atom is -0.322 e. The molecule has 5 heteroatoms. The predicted molar refractivity (Wildman–Crippen MR) is 77.9 cm³/mol. The van der Waals surface area contributed by atoms with E-state index in [1.807, 2.05) is 13.0 Å². The molecule has 0 atom stereocenters. The fraction of sp³-hybridized carbons (Fsp3) is 0.133. The molecule has 0 saturated carbocycles. The van der Waals surface area contributed by atoms with Gasteiger partial charge in [-0.1, -0.05) is 22.0 Å². The maximum atomic E-state index is 13.6. The number of aryl methyl sites for hydroxylation is 2. The molecule has 0 radical (unpaired) electrons. The topological polar surface area (TPSA) is 29.1 Å². The molecule has 0 saturated heterocycles. The van der Waals surface area contributed by atoms with E-state index in [9.17, 15) is 13.6 Å². The predicted octanol–water partition coefficient (Wildman–Crippen LogP) is 4.60. The number of benzene rings is 2. The quantitative estimate of drug-likeness (QED) is 0.851. The largest absolute Gasteiger partial charge is 0.322 e. The highest BCUT2D eigenvalue weighted by Gasteiger charge is 2.15. The van der Waals surface area contributed by atoms with Crippen LogP contribution in [0.4, 0.5) is 14.5 Å². The normalized spacial score (nSPS) is 10.4. The van der Waals surface area contributed by atoms with E-state index in [0.717, 1.165) is 16.1 Å². The summed E-state index contributed by atoms with van der Waals surface area (Å²) in [4.78, 5) is 12.0. The van der Waals surface area contributed by atoms with E-state index in [2.05, 4.69) is 21.2 Å². The summed E-state index contributed by atoms with van der Waals surface area (Å²) in [5.74, 6) is -2.16. The van der Waals surface area contributed by atoms with Crippen molar-refractivity contribution >= 4 is 27.5 Å². The van der Waals surface area contributed by atoms with E-state index in [0.29, 0.717) is 5.69 Å². The van der Waals surface area contributed by atoms with Crippen LogP contribution in [0.25, 0.3) is 0 Å². The van der Waals surface area contributed by atoms with Gasteiger partial charge in [-0.15, -0.1) is 0 Å². The highest BCUT2D eigenvalue weighted by Crippen LogP contribution is 2.22. The molecule has 2 nitrogen and oxygen atoms in total. The minimum atomic E-state index is -0.878. The lowest BCUT2D eigenvalue weighted by Gasteiger charge is -2.09. The van der Waals surface area contributed by atoms with Gasteiger partial charge in [-0.3, -0.25) is 4.79 Å². The Kier molecular flexibility index (Phi) is 4.18. The molecule has 1 N–H and O–H groups in total. The van der Waals surface area contributed by atoms with Gasteiger partial charge in [0.2, 0.25) is 0 Å². The summed E-state index contributed by atoms with van der Waals surface area (Å²) < 4.78 is 27.6. The summed E-state index contributed by atoms with van der Waals surface area (Å²) in [5, 5.41) is 2.58. The Morgan fingerprint density at radius 2 is 1.75 bits per heavy atom. The molecule has 0 unspecified atom stereocenters. The molecule has 0 aromatic heterocycles. The SMILES string of the molecule is Cc1cc(C(=O)Nc2ccc(C)c(Br)c2)c(F)cc1F. The third-order valence-electron chi connectivity index (χ3n) is 2.92. The molecule has 0 aliphatic heterocycles. The zero-order valence-corrected chi connectivity index (χ0v) is 12.5. The molecule has 0 heterocycles. The summed E-state index contributed by atoms with van der Waals surface area (Å²) in [6, 6.07) is 7.18. The molecule has 0 aliphatic rings. The van der Waals surface area contributed by atoms with Crippen LogP contribution < -0.4 is 5.32 Å². The minimum absolute atomic E-state index is 0.180. The molecule has 20 heavy (non-hydrogen) atoms. The van der Waals surface area contributed by atoms with Gasteiger partial charge in [-0.2, -0.15) is 0 Å². The van der Waals surface area contributed by atoms with Crippen molar-refractivity contribution in [2.45, 2.75) is 13.8 Å². The van der Waals surface area contributed by atoms with Crippen LogP contribution in [0.2, 0.25) is 0 Å². The summed E-state index contributed by atoms with van der Waals surface area (Å²) in [6.07, 6.45) is 0. The number of anilines is 1. The van der Waals surface area contributed by atoms with Gasteiger partial charge in [0.25, 0.3) is 5.91 Å². The Morgan fingerprint density at radius 3 is 2.40 bits per heavy atom. The summed E-state index contributed by atoms with van der Waals surface area (Å²) in [7, 11) is 0. The zero-order valence-electron chi connectivity index (χ0n) is 10.9. The van der Waals surface area contributed by atoms with Crippen molar-refractivity contribution < 1.29 is 13.6 Å². The first-order valence-corrected chi connectivity index (χ1v) is 6.71. The van der Waals surface area contributed by atoms with Crippen molar-refractivity contribution in [2.24, 2.45) is 0 Å². The van der Waals surface area contributed by atoms with Crippen LogP contribution in [0, 0.1) is 25.5 Å². The fourth-order valence-corrected chi connectivity index (χ4v) is 2.08. The van der Waals surface area contributed by atoms with E-state index in [-0.39, 0.29) is 11.1 Å². The van der Waals surface area contributed by atoms with E-state index in [1.54, 1.807) is 12.1 Å². The van der Waals surface area contributed by atoms with Crippen molar-refractivity contribution in [3.8, 4) is 0 Å². The summed E-state index contributed by atoms with van der Waals surface area (Å²) in [6.45, 7) is 3.40. The second-order valence-corrected chi connectivity index (χ2v) is 5.35. The maximum Gasteiger partial charge on any atom is 0.258 e. The Hall–Kier alpha value is -1.75. The third kappa shape index (κ3) is 3.04. The number of carbonyl (C=O) groups excluding carboxylic acids is 1. The van der Waals surface area contributed by atoms with Crippen molar-refractivity contribution in [3.05, 3.63) is 63.1 Å². The molecule has 104 valence electrons. The number of carbonyl (C=O) groups is 1. The van der Waals surface area contributed by atoms with Gasteiger partial charge in [0.15, 0.2) is 0 Å². The molecule has 2 aromatic carbocycles. The lowest BCUT2D eigenvalue weighted by Crippen LogP contribution is -2.14. The highest BCUT2D eigenvalue weighted by molar-refractivity contribution is 9.10. The monoisotopic (exact) mass is 339 g/mol. The van der Waals surface area contributed by atoms with Gasteiger partial charge in [0.1, 0.15) is 11.6 Å². The van der Waals surface area contributed by atoms with E-state index in [1.165, 1.54) is 13.0 Å². The molecule has 0 bridgehead atoms. The first-order valence-electron chi connectivity index (χ1n) is 5.91. The first-order chi connectivity index (χ1) is 9.38. The smallest absolute Gasteiger partial charge is 0.258 e. The fourth-order valence-electron chi connectivity index (χ4n) is 1.70. The van der Waals surface area contributed by atoms with Crippen LogP contribution in [0.5, 0.6) is 0 Å². The molecule has 2 rings (SSSR count). The number of nitrogens with one attached hydrogen (secondary N) is 1. The second-order valence-electron chi connectivity index (χ2n) is 4.50. The van der Waals surface area contributed by atoms with Gasteiger partial charge >= 0.3 is 0 Å². The van der Waals surface area contributed by atoms with Gasteiger partial charge in [-0.05, 0) is 43.2 Å². The van der Waals surface area contributed by atoms with Crippen LogP contribution in [-0.4, -0.2) is 5.91 Å². The van der Waals surface area contributed by atoms with Crippen LogP contribution in [0.1, 0.15) is 21.5 Å². The van der Waals surface area contributed by atoms with E-state index in [4.69, 9.17) is 0 Å². The number of halogens is 3. The van der Waals surface area contributed by atoms with Crippen LogP contribution >= 0.6 is 15.9 Å². The maximum absolute atomic E-state index is 13.6. The molecule has 0 aliphatic carbocycles. The summed E-state index contributed by atoms with van der Waals surface area (Å²) in [5.41, 5.74) is 1.60. The van der Waals surface area contributed by atoms with Crippen molar-refractivity contribution in [1.29, 1.82) is 0 Å². The van der Waals surface area contributed by atoms with Crippen molar-refractivity contribution in [1.82, 2.24) is 0 Å². The van der Waals surface area contributed by atoms with Crippen LogP contribution in [0.15, 0.2) is 34.8 Å². The lowest BCUT2D eigenvalue weighted by molar-refractivity contribution is 0.102. The molecule has 0 spiro atoms. The zero-order chi connectivity index (χ0) is 14.9. The van der Waals surface area contributed by atoms with Gasteiger partial charge in [-0.25, -0.2) is 8.78 Å². The molecular weight excluding hydrogens is 328 g/mol. The Morgan fingerprint density at radius 1 is 1.05 bits per heavy atom. The molecule has 2 aromatic rings. The molecule has 1 amide bonds. The first kappa shape index (κ1) is 14.7. The van der Waals surface area contributed by atoms with E-state index >= 15 is 0 Å². The highest BCUT2D eigenvalue weighted by atomic mass is 79.9. The molecular formula is C15H12BrF2NO. The Bertz CT molecular complexity index is 686. The van der Waals surface area contributed by atoms with Crippen LogP contribution in [0.3, 0.4) is 0 Å². The van der Waals surface area contributed by atoms with Crippen molar-refractivity contribution in [3.63, 3.8) is 0 Å². The number of amides is 1. The average molecular weight is 340 g/mol. The summed E-state index contributed by atoms with van der Waals surface area (Å²) >= 11 is 3.35. The van der Waals surface area contributed by atoms with Gasteiger partial charge < -0.3 is 5.32 Å². The Balaban J connectivity index is 2.28. The standard InChI is InChI=1S/C15H12BrF2NO/c1-8-3-4-10(6-12(8)16)19-15(20)11-5-9(2)13(17)7-14(11)18/h3-7H,1-2H3,(H,19,20). The van der Waals surface area contributed by atoms with Crippen LogP contribution in [-0.2, 0) is 0 Å². The number of hydrogen-bond acceptors (Lipinski definition) is 1. The third-order valence-corrected chi connectivity index (χ3v) is 3.78.